The first kappa shape index (κ1) is 22.3. The van der Waals surface area contributed by atoms with Gasteiger partial charge in [0.1, 0.15) is 5.82 Å². The Labute approximate surface area is 193 Å². The largest absolute Gasteiger partial charge is 0.378 e. The van der Waals surface area contributed by atoms with Crippen molar-refractivity contribution in [3.63, 3.8) is 0 Å². The van der Waals surface area contributed by atoms with Crippen LogP contribution in [0.1, 0.15) is 34.5 Å². The fourth-order valence-electron chi connectivity index (χ4n) is 3.60. The number of carbonyl (C=O) groups is 1. The number of pyridine rings is 1. The molecule has 0 aliphatic carbocycles. The Hall–Kier alpha value is -2.93. The molecule has 1 aliphatic heterocycles. The fourth-order valence-corrected chi connectivity index (χ4v) is 3.77. The van der Waals surface area contributed by atoms with Crippen molar-refractivity contribution in [1.29, 1.82) is 0 Å². The molecule has 0 radical (unpaired) electrons. The molecule has 32 heavy (non-hydrogen) atoms. The molecular weight excluding hydrogens is 424 g/mol. The van der Waals surface area contributed by atoms with E-state index in [9.17, 15) is 4.79 Å². The minimum atomic E-state index is -0.240. The van der Waals surface area contributed by atoms with Gasteiger partial charge < -0.3 is 20.3 Å². The highest BCUT2D eigenvalue weighted by Crippen LogP contribution is 2.24. The third kappa shape index (κ3) is 5.65. The van der Waals surface area contributed by atoms with Crippen LogP contribution in [0.25, 0.3) is 0 Å². The Balaban J connectivity index is 1.38. The summed E-state index contributed by atoms with van der Waals surface area (Å²) in [5, 5.41) is 6.91. The zero-order chi connectivity index (χ0) is 22.3. The summed E-state index contributed by atoms with van der Waals surface area (Å²) in [5.74, 6) is 0.610. The van der Waals surface area contributed by atoms with E-state index in [1.807, 2.05) is 36.4 Å². The van der Waals surface area contributed by atoms with Crippen molar-refractivity contribution in [2.75, 3.05) is 36.5 Å². The third-order valence-electron chi connectivity index (χ3n) is 5.54. The Kier molecular flexibility index (Phi) is 7.37. The first-order valence-corrected chi connectivity index (χ1v) is 11.1. The van der Waals surface area contributed by atoms with Crippen molar-refractivity contribution in [2.24, 2.45) is 0 Å². The molecule has 3 aromatic rings. The van der Waals surface area contributed by atoms with Gasteiger partial charge in [0.15, 0.2) is 0 Å². The molecule has 166 valence electrons. The number of hydrogen-bond donors (Lipinski definition) is 2. The Bertz CT molecular complexity index is 1040. The maximum Gasteiger partial charge on any atom is 0.257 e. The van der Waals surface area contributed by atoms with Gasteiger partial charge in [-0.3, -0.25) is 4.79 Å². The lowest BCUT2D eigenvalue weighted by molar-refractivity contribution is 0.102. The highest BCUT2D eigenvalue weighted by Gasteiger charge is 2.14. The van der Waals surface area contributed by atoms with Crippen molar-refractivity contribution in [3.05, 3.63) is 88.6 Å². The lowest BCUT2D eigenvalue weighted by Gasteiger charge is -2.27. The Morgan fingerprint density at radius 1 is 1.12 bits per heavy atom. The van der Waals surface area contributed by atoms with Gasteiger partial charge in [0.05, 0.1) is 29.5 Å². The van der Waals surface area contributed by atoms with Crippen LogP contribution < -0.4 is 15.5 Å². The zero-order valence-electron chi connectivity index (χ0n) is 18.1. The number of hydrogen-bond acceptors (Lipinski definition) is 5. The molecule has 2 heterocycles. The number of rotatable bonds is 7. The number of nitrogens with zero attached hydrogens (tertiary/aromatic N) is 2. The lowest BCUT2D eigenvalue weighted by Crippen LogP contribution is -2.36. The smallest absolute Gasteiger partial charge is 0.257 e. The first-order valence-electron chi connectivity index (χ1n) is 10.8. The highest BCUT2D eigenvalue weighted by molar-refractivity contribution is 6.34. The molecular formula is C25H27ClN4O2. The van der Waals surface area contributed by atoms with Crippen LogP contribution in [0.15, 0.2) is 66.9 Å². The van der Waals surface area contributed by atoms with Crippen LogP contribution in [-0.2, 0) is 11.3 Å². The van der Waals surface area contributed by atoms with Gasteiger partial charge in [-0.2, -0.15) is 0 Å². The van der Waals surface area contributed by atoms with Gasteiger partial charge in [-0.05, 0) is 42.3 Å². The van der Waals surface area contributed by atoms with E-state index in [-0.39, 0.29) is 11.9 Å². The number of ether oxygens (including phenoxy) is 1. The van der Waals surface area contributed by atoms with E-state index in [1.54, 1.807) is 18.3 Å². The van der Waals surface area contributed by atoms with Gasteiger partial charge in [0.25, 0.3) is 5.91 Å². The van der Waals surface area contributed by atoms with Crippen molar-refractivity contribution < 1.29 is 9.53 Å². The molecule has 0 spiro atoms. The Morgan fingerprint density at radius 3 is 2.62 bits per heavy atom. The van der Waals surface area contributed by atoms with Crippen LogP contribution in [0.2, 0.25) is 5.02 Å². The summed E-state index contributed by atoms with van der Waals surface area (Å²) in [5.41, 5.74) is 3.33. The van der Waals surface area contributed by atoms with Gasteiger partial charge in [-0.25, -0.2) is 4.98 Å². The summed E-state index contributed by atoms with van der Waals surface area (Å²) in [6.45, 7) is 5.78. The minimum absolute atomic E-state index is 0.209. The molecule has 7 heteroatoms. The molecule has 2 aromatic carbocycles. The standard InChI is InChI=1S/C25H27ClN4O2/c1-18(20-5-3-2-4-6-20)27-16-19-7-9-22(26)23(15-19)29-25(31)21-8-10-24(28-17-21)30-11-13-32-14-12-30/h2-10,15,17-18,27H,11-14,16H2,1H3,(H,29,31)/t18-/m1/s1. The van der Waals surface area contributed by atoms with Crippen LogP contribution >= 0.6 is 11.6 Å². The maximum atomic E-state index is 12.8. The number of aromatic nitrogens is 1. The molecule has 1 aliphatic rings. The third-order valence-corrected chi connectivity index (χ3v) is 5.87. The predicted octanol–water partition coefficient (Wildman–Crippen LogP) is 4.67. The van der Waals surface area contributed by atoms with Crippen molar-refractivity contribution in [2.45, 2.75) is 19.5 Å². The molecule has 1 atom stereocenters. The van der Waals surface area contributed by atoms with Crippen molar-refractivity contribution in [1.82, 2.24) is 10.3 Å². The van der Waals surface area contributed by atoms with Crippen LogP contribution in [-0.4, -0.2) is 37.2 Å². The summed E-state index contributed by atoms with van der Waals surface area (Å²) in [7, 11) is 0. The number of benzene rings is 2. The SMILES string of the molecule is C[C@@H](NCc1ccc(Cl)c(NC(=O)c2ccc(N3CCOCC3)nc2)c1)c1ccccc1. The molecule has 6 nitrogen and oxygen atoms in total. The highest BCUT2D eigenvalue weighted by atomic mass is 35.5. The molecule has 1 fully saturated rings. The van der Waals surface area contributed by atoms with E-state index in [0.717, 1.165) is 24.5 Å². The summed E-state index contributed by atoms with van der Waals surface area (Å²) >= 11 is 6.34. The first-order chi connectivity index (χ1) is 15.6. The van der Waals surface area contributed by atoms with Crippen LogP contribution in [0.4, 0.5) is 11.5 Å². The van der Waals surface area contributed by atoms with Crippen molar-refractivity contribution in [3.8, 4) is 0 Å². The molecule has 2 N–H and O–H groups in total. The van der Waals surface area contributed by atoms with Gasteiger partial charge in [0, 0.05) is 31.9 Å². The number of anilines is 2. The summed E-state index contributed by atoms with van der Waals surface area (Å²) in [4.78, 5) is 19.4. The molecule has 1 aromatic heterocycles. The lowest BCUT2D eigenvalue weighted by atomic mass is 10.1. The summed E-state index contributed by atoms with van der Waals surface area (Å²) in [6.07, 6.45) is 1.60. The molecule has 0 unspecified atom stereocenters. The molecule has 1 amide bonds. The van der Waals surface area contributed by atoms with Crippen LogP contribution in [0, 0.1) is 0 Å². The van der Waals surface area contributed by atoms with E-state index in [2.05, 4.69) is 39.6 Å². The second-order valence-corrected chi connectivity index (χ2v) is 8.19. The topological polar surface area (TPSA) is 66.5 Å². The number of morpholine rings is 1. The number of carbonyl (C=O) groups excluding carboxylic acids is 1. The summed E-state index contributed by atoms with van der Waals surface area (Å²) < 4.78 is 5.37. The predicted molar refractivity (Wildman–Crippen MR) is 128 cm³/mol. The molecule has 0 bridgehead atoms. The fraction of sp³-hybridized carbons (Fsp3) is 0.280. The van der Waals surface area contributed by atoms with E-state index in [4.69, 9.17) is 16.3 Å². The average Bonchev–Trinajstić information content (AvgIpc) is 2.85. The quantitative estimate of drug-likeness (QED) is 0.547. The van der Waals surface area contributed by atoms with Crippen LogP contribution in [0.3, 0.4) is 0 Å². The summed E-state index contributed by atoms with van der Waals surface area (Å²) in [6, 6.07) is 19.8. The maximum absolute atomic E-state index is 12.8. The number of halogens is 1. The van der Waals surface area contributed by atoms with Crippen molar-refractivity contribution >= 4 is 29.0 Å². The number of nitrogens with one attached hydrogen (secondary N) is 2. The Morgan fingerprint density at radius 2 is 1.91 bits per heavy atom. The van der Waals surface area contributed by atoms with Gasteiger partial charge in [0.2, 0.25) is 0 Å². The van der Waals surface area contributed by atoms with Gasteiger partial charge >= 0.3 is 0 Å². The molecule has 4 rings (SSSR count). The second-order valence-electron chi connectivity index (χ2n) is 7.79. The van der Waals surface area contributed by atoms with E-state index >= 15 is 0 Å². The van der Waals surface area contributed by atoms with E-state index in [1.165, 1.54) is 5.56 Å². The van der Waals surface area contributed by atoms with Gasteiger partial charge in [-0.15, -0.1) is 0 Å². The van der Waals surface area contributed by atoms with Crippen LogP contribution in [0.5, 0.6) is 0 Å². The molecule has 1 saturated heterocycles. The van der Waals surface area contributed by atoms with E-state index in [0.29, 0.717) is 36.0 Å². The van der Waals surface area contributed by atoms with E-state index < -0.39 is 0 Å². The van der Waals surface area contributed by atoms with Gasteiger partial charge in [-0.1, -0.05) is 48.0 Å². The normalized spacial score (nSPS) is 14.8. The average molecular weight is 451 g/mol. The number of amides is 1. The minimum Gasteiger partial charge on any atom is -0.378 e. The second kappa shape index (κ2) is 10.6. The monoisotopic (exact) mass is 450 g/mol. The molecule has 0 saturated carbocycles. The zero-order valence-corrected chi connectivity index (χ0v) is 18.8.